The molecule has 1 aromatic rings. The van der Waals surface area contributed by atoms with Gasteiger partial charge in [0.25, 0.3) is 0 Å². The standard InChI is InChI=1S/C9H15N/c1-4-8-6-10(3)7-9(8)5-2/h6-7H,4-5H2,1-3H3. The van der Waals surface area contributed by atoms with Gasteiger partial charge in [0, 0.05) is 19.4 Å². The highest BCUT2D eigenvalue weighted by molar-refractivity contribution is 5.23. The lowest BCUT2D eigenvalue weighted by Crippen LogP contribution is -1.81. The fourth-order valence-corrected chi connectivity index (χ4v) is 1.33. The summed E-state index contributed by atoms with van der Waals surface area (Å²) in [6.45, 7) is 4.41. The molecule has 56 valence electrons. The highest BCUT2D eigenvalue weighted by Crippen LogP contribution is 2.10. The van der Waals surface area contributed by atoms with Crippen LogP contribution in [0.1, 0.15) is 25.0 Å². The fourth-order valence-electron chi connectivity index (χ4n) is 1.33. The normalized spacial score (nSPS) is 10.3. The molecule has 0 saturated carbocycles. The molecule has 1 heterocycles. The van der Waals surface area contributed by atoms with Crippen LogP contribution in [0.15, 0.2) is 12.4 Å². The summed E-state index contributed by atoms with van der Waals surface area (Å²) in [7, 11) is 2.08. The van der Waals surface area contributed by atoms with E-state index in [4.69, 9.17) is 0 Å². The van der Waals surface area contributed by atoms with Gasteiger partial charge in [-0.2, -0.15) is 0 Å². The summed E-state index contributed by atoms with van der Waals surface area (Å²) in [6.07, 6.45) is 6.73. The van der Waals surface area contributed by atoms with Crippen LogP contribution in [0.4, 0.5) is 0 Å². The molecule has 0 saturated heterocycles. The number of aryl methyl sites for hydroxylation is 3. The van der Waals surface area contributed by atoms with Crippen LogP contribution in [0, 0.1) is 0 Å². The number of aromatic nitrogens is 1. The van der Waals surface area contributed by atoms with Gasteiger partial charge in [-0.05, 0) is 24.0 Å². The van der Waals surface area contributed by atoms with E-state index in [0.29, 0.717) is 0 Å². The van der Waals surface area contributed by atoms with Crippen molar-refractivity contribution in [3.05, 3.63) is 23.5 Å². The van der Waals surface area contributed by atoms with Gasteiger partial charge >= 0.3 is 0 Å². The summed E-state index contributed by atoms with van der Waals surface area (Å²) < 4.78 is 2.14. The maximum Gasteiger partial charge on any atom is 0.0106 e. The Labute approximate surface area is 62.7 Å². The van der Waals surface area contributed by atoms with Crippen molar-refractivity contribution in [1.29, 1.82) is 0 Å². The molecule has 0 amide bonds. The Hall–Kier alpha value is -0.720. The Kier molecular flexibility index (Phi) is 2.15. The van der Waals surface area contributed by atoms with Gasteiger partial charge in [-0.1, -0.05) is 13.8 Å². The number of hydrogen-bond acceptors (Lipinski definition) is 0. The summed E-state index contributed by atoms with van der Waals surface area (Å²) >= 11 is 0. The molecule has 0 aliphatic rings. The average Bonchev–Trinajstić information content (AvgIpc) is 2.30. The average molecular weight is 137 g/mol. The molecule has 1 heteroatoms. The summed E-state index contributed by atoms with van der Waals surface area (Å²) in [5, 5.41) is 0. The quantitative estimate of drug-likeness (QED) is 0.588. The van der Waals surface area contributed by atoms with Crippen LogP contribution in [0.25, 0.3) is 0 Å². The lowest BCUT2D eigenvalue weighted by molar-refractivity contribution is 0.915. The van der Waals surface area contributed by atoms with E-state index in [9.17, 15) is 0 Å². The number of hydrogen-bond donors (Lipinski definition) is 0. The zero-order chi connectivity index (χ0) is 7.56. The van der Waals surface area contributed by atoms with E-state index in [1.54, 1.807) is 0 Å². The minimum Gasteiger partial charge on any atom is -0.357 e. The molecule has 0 bridgehead atoms. The van der Waals surface area contributed by atoms with Gasteiger partial charge in [-0.15, -0.1) is 0 Å². The molecule has 0 aromatic carbocycles. The third-order valence-corrected chi connectivity index (χ3v) is 1.89. The van der Waals surface area contributed by atoms with Crippen LogP contribution < -0.4 is 0 Å². The van der Waals surface area contributed by atoms with Crippen molar-refractivity contribution in [2.24, 2.45) is 7.05 Å². The van der Waals surface area contributed by atoms with Crippen LogP contribution in [-0.4, -0.2) is 4.57 Å². The van der Waals surface area contributed by atoms with Crippen molar-refractivity contribution in [3.8, 4) is 0 Å². The molecule has 0 radical (unpaired) electrons. The van der Waals surface area contributed by atoms with E-state index in [2.05, 4.69) is 37.9 Å². The summed E-state index contributed by atoms with van der Waals surface area (Å²) in [5.41, 5.74) is 2.98. The van der Waals surface area contributed by atoms with Crippen molar-refractivity contribution < 1.29 is 0 Å². The molecular formula is C9H15N. The minimum absolute atomic E-state index is 1.16. The molecule has 0 unspecified atom stereocenters. The van der Waals surface area contributed by atoms with Crippen LogP contribution >= 0.6 is 0 Å². The summed E-state index contributed by atoms with van der Waals surface area (Å²) in [4.78, 5) is 0. The lowest BCUT2D eigenvalue weighted by atomic mass is 10.1. The van der Waals surface area contributed by atoms with Crippen LogP contribution in [0.3, 0.4) is 0 Å². The Bertz CT molecular complexity index is 189. The van der Waals surface area contributed by atoms with Crippen molar-refractivity contribution in [2.45, 2.75) is 26.7 Å². The first-order chi connectivity index (χ1) is 4.77. The maximum absolute atomic E-state index is 2.21. The zero-order valence-corrected chi connectivity index (χ0v) is 7.02. The molecule has 0 fully saturated rings. The Balaban J connectivity index is 2.96. The van der Waals surface area contributed by atoms with Gasteiger partial charge in [-0.3, -0.25) is 0 Å². The van der Waals surface area contributed by atoms with E-state index in [1.807, 2.05) is 0 Å². The maximum atomic E-state index is 2.21. The van der Waals surface area contributed by atoms with Crippen LogP contribution in [0.5, 0.6) is 0 Å². The van der Waals surface area contributed by atoms with E-state index in [0.717, 1.165) is 12.8 Å². The molecule has 0 aliphatic heterocycles. The van der Waals surface area contributed by atoms with Crippen molar-refractivity contribution in [1.82, 2.24) is 4.57 Å². The summed E-state index contributed by atoms with van der Waals surface area (Å²) in [6, 6.07) is 0. The van der Waals surface area contributed by atoms with Gasteiger partial charge < -0.3 is 4.57 Å². The highest BCUT2D eigenvalue weighted by Gasteiger charge is 1.99. The minimum atomic E-state index is 1.16. The second kappa shape index (κ2) is 2.91. The van der Waals surface area contributed by atoms with Gasteiger partial charge in [-0.25, -0.2) is 0 Å². The fraction of sp³-hybridized carbons (Fsp3) is 0.556. The zero-order valence-electron chi connectivity index (χ0n) is 7.02. The molecule has 1 rings (SSSR count). The number of nitrogens with zero attached hydrogens (tertiary/aromatic N) is 1. The van der Waals surface area contributed by atoms with Gasteiger partial charge in [0.1, 0.15) is 0 Å². The highest BCUT2D eigenvalue weighted by atomic mass is 14.9. The first-order valence-electron chi connectivity index (χ1n) is 3.91. The first kappa shape index (κ1) is 7.39. The molecule has 1 nitrogen and oxygen atoms in total. The molecule has 0 N–H and O–H groups in total. The Morgan fingerprint density at radius 2 is 1.50 bits per heavy atom. The topological polar surface area (TPSA) is 4.93 Å². The van der Waals surface area contributed by atoms with E-state index < -0.39 is 0 Å². The molecule has 0 spiro atoms. The van der Waals surface area contributed by atoms with Crippen LogP contribution in [-0.2, 0) is 19.9 Å². The summed E-state index contributed by atoms with van der Waals surface area (Å²) in [5.74, 6) is 0. The number of rotatable bonds is 2. The largest absolute Gasteiger partial charge is 0.357 e. The first-order valence-corrected chi connectivity index (χ1v) is 3.91. The Morgan fingerprint density at radius 3 is 1.80 bits per heavy atom. The van der Waals surface area contributed by atoms with Gasteiger partial charge in [0.05, 0.1) is 0 Å². The van der Waals surface area contributed by atoms with Crippen LogP contribution in [0.2, 0.25) is 0 Å². The lowest BCUT2D eigenvalue weighted by Gasteiger charge is -1.92. The predicted octanol–water partition coefficient (Wildman–Crippen LogP) is 2.15. The molecular weight excluding hydrogens is 122 g/mol. The van der Waals surface area contributed by atoms with Crippen molar-refractivity contribution >= 4 is 0 Å². The van der Waals surface area contributed by atoms with E-state index >= 15 is 0 Å². The van der Waals surface area contributed by atoms with Gasteiger partial charge in [0.2, 0.25) is 0 Å². The smallest absolute Gasteiger partial charge is 0.0106 e. The SMILES string of the molecule is CCc1cn(C)cc1CC. The van der Waals surface area contributed by atoms with E-state index in [-0.39, 0.29) is 0 Å². The second-order valence-electron chi connectivity index (χ2n) is 2.68. The van der Waals surface area contributed by atoms with Crippen molar-refractivity contribution in [3.63, 3.8) is 0 Å². The molecule has 10 heavy (non-hydrogen) atoms. The molecule has 0 atom stereocenters. The third-order valence-electron chi connectivity index (χ3n) is 1.89. The van der Waals surface area contributed by atoms with E-state index in [1.165, 1.54) is 11.1 Å². The van der Waals surface area contributed by atoms with Crippen molar-refractivity contribution in [2.75, 3.05) is 0 Å². The molecule has 1 aromatic heterocycles. The predicted molar refractivity (Wildman–Crippen MR) is 44.2 cm³/mol. The Morgan fingerprint density at radius 1 is 1.10 bits per heavy atom. The second-order valence-corrected chi connectivity index (χ2v) is 2.68. The molecule has 0 aliphatic carbocycles. The third kappa shape index (κ3) is 1.23. The monoisotopic (exact) mass is 137 g/mol. The van der Waals surface area contributed by atoms with Gasteiger partial charge in [0.15, 0.2) is 0 Å².